The molecule has 3 nitrogen and oxygen atoms in total. The molecule has 0 saturated carbocycles. The topological polar surface area (TPSA) is 33.2 Å². The summed E-state index contributed by atoms with van der Waals surface area (Å²) in [6.07, 6.45) is 1.86. The standard InChI is InChI=1S/C13H10F2N2OS/c14-11-9(1-4-16-12(11)15)13(18)17-5-2-10-8(7-17)3-6-19-10/h1,3-4,6H,2,5,7H2. The summed E-state index contributed by atoms with van der Waals surface area (Å²) in [6.45, 7) is 0.969. The largest absolute Gasteiger partial charge is 0.334 e. The molecule has 3 rings (SSSR count). The maximum atomic E-state index is 13.6. The molecule has 98 valence electrons. The van der Waals surface area contributed by atoms with E-state index in [4.69, 9.17) is 0 Å². The van der Waals surface area contributed by atoms with Crippen LogP contribution >= 0.6 is 11.3 Å². The second-order valence-corrected chi connectivity index (χ2v) is 5.31. The Kier molecular flexibility index (Phi) is 3.02. The van der Waals surface area contributed by atoms with Gasteiger partial charge in [0, 0.05) is 24.2 Å². The van der Waals surface area contributed by atoms with Gasteiger partial charge in [0.1, 0.15) is 0 Å². The maximum Gasteiger partial charge on any atom is 0.257 e. The Labute approximate surface area is 112 Å². The number of fused-ring (bicyclic) bond motifs is 1. The van der Waals surface area contributed by atoms with E-state index in [0.717, 1.165) is 18.2 Å². The number of hydrogen-bond acceptors (Lipinski definition) is 3. The van der Waals surface area contributed by atoms with Crippen molar-refractivity contribution < 1.29 is 13.6 Å². The Hall–Kier alpha value is -1.82. The first-order chi connectivity index (χ1) is 9.16. The summed E-state index contributed by atoms with van der Waals surface area (Å²) in [5, 5.41) is 1.98. The van der Waals surface area contributed by atoms with Gasteiger partial charge in [0.25, 0.3) is 5.91 Å². The van der Waals surface area contributed by atoms with E-state index in [0.29, 0.717) is 13.1 Å². The van der Waals surface area contributed by atoms with Crippen molar-refractivity contribution in [3.8, 4) is 0 Å². The Morgan fingerprint density at radius 1 is 1.37 bits per heavy atom. The predicted molar refractivity (Wildman–Crippen MR) is 66.9 cm³/mol. The zero-order valence-electron chi connectivity index (χ0n) is 9.90. The Morgan fingerprint density at radius 3 is 3.05 bits per heavy atom. The lowest BCUT2D eigenvalue weighted by atomic mass is 10.1. The van der Waals surface area contributed by atoms with Crippen LogP contribution in [-0.2, 0) is 13.0 Å². The quantitative estimate of drug-likeness (QED) is 0.752. The molecule has 6 heteroatoms. The summed E-state index contributed by atoms with van der Waals surface area (Å²) in [4.78, 5) is 18.2. The smallest absolute Gasteiger partial charge is 0.257 e. The molecule has 19 heavy (non-hydrogen) atoms. The van der Waals surface area contributed by atoms with Gasteiger partial charge in [-0.3, -0.25) is 4.79 Å². The lowest BCUT2D eigenvalue weighted by Gasteiger charge is -2.27. The van der Waals surface area contributed by atoms with Crippen LogP contribution in [0.2, 0.25) is 0 Å². The average Bonchev–Trinajstić information content (AvgIpc) is 2.88. The molecule has 0 spiro atoms. The molecule has 0 saturated heterocycles. The van der Waals surface area contributed by atoms with Crippen LogP contribution in [0.1, 0.15) is 20.8 Å². The van der Waals surface area contributed by atoms with Crippen LogP contribution < -0.4 is 0 Å². The minimum Gasteiger partial charge on any atom is -0.334 e. The molecule has 0 N–H and O–H groups in total. The van der Waals surface area contributed by atoms with Crippen molar-refractivity contribution in [2.45, 2.75) is 13.0 Å². The number of amides is 1. The Balaban J connectivity index is 1.88. The molecule has 0 unspecified atom stereocenters. The highest BCUT2D eigenvalue weighted by Crippen LogP contribution is 2.25. The minimum atomic E-state index is -1.24. The number of carbonyl (C=O) groups is 1. The number of nitrogens with zero attached hydrogens (tertiary/aromatic N) is 2. The van der Waals surface area contributed by atoms with Gasteiger partial charge in [0.15, 0.2) is 5.82 Å². The van der Waals surface area contributed by atoms with Gasteiger partial charge in [-0.1, -0.05) is 0 Å². The third-order valence-corrected chi connectivity index (χ3v) is 4.19. The number of aromatic nitrogens is 1. The van der Waals surface area contributed by atoms with Crippen molar-refractivity contribution in [2.24, 2.45) is 0 Å². The fraction of sp³-hybridized carbons (Fsp3) is 0.231. The van der Waals surface area contributed by atoms with Crippen LogP contribution in [0.3, 0.4) is 0 Å². The van der Waals surface area contributed by atoms with Gasteiger partial charge >= 0.3 is 0 Å². The second kappa shape index (κ2) is 4.70. The molecule has 1 aliphatic rings. The summed E-state index contributed by atoms with van der Waals surface area (Å²) in [6, 6.07) is 3.17. The lowest BCUT2D eigenvalue weighted by molar-refractivity contribution is 0.0729. The van der Waals surface area contributed by atoms with Gasteiger partial charge in [0.2, 0.25) is 5.95 Å². The van der Waals surface area contributed by atoms with E-state index in [1.165, 1.54) is 15.8 Å². The number of halogens is 2. The van der Waals surface area contributed by atoms with Crippen molar-refractivity contribution in [3.05, 3.63) is 51.5 Å². The molecule has 3 heterocycles. The summed E-state index contributed by atoms with van der Waals surface area (Å²) < 4.78 is 26.6. The van der Waals surface area contributed by atoms with Gasteiger partial charge in [-0.25, -0.2) is 9.37 Å². The van der Waals surface area contributed by atoms with Crippen molar-refractivity contribution >= 4 is 17.2 Å². The molecule has 2 aromatic rings. The summed E-state index contributed by atoms with van der Waals surface area (Å²) >= 11 is 1.66. The third kappa shape index (κ3) is 2.12. The average molecular weight is 280 g/mol. The van der Waals surface area contributed by atoms with Gasteiger partial charge in [-0.05, 0) is 29.5 Å². The van der Waals surface area contributed by atoms with E-state index in [9.17, 15) is 13.6 Å². The first-order valence-corrected chi connectivity index (χ1v) is 6.69. The predicted octanol–water partition coefficient (Wildman–Crippen LogP) is 2.62. The maximum absolute atomic E-state index is 13.6. The van der Waals surface area contributed by atoms with Crippen molar-refractivity contribution in [1.29, 1.82) is 0 Å². The molecular formula is C13H10F2N2OS. The van der Waals surface area contributed by atoms with E-state index < -0.39 is 17.7 Å². The highest BCUT2D eigenvalue weighted by atomic mass is 32.1. The molecule has 0 aromatic carbocycles. The highest BCUT2D eigenvalue weighted by molar-refractivity contribution is 7.10. The molecule has 0 aliphatic carbocycles. The molecule has 0 atom stereocenters. The zero-order chi connectivity index (χ0) is 13.4. The van der Waals surface area contributed by atoms with E-state index >= 15 is 0 Å². The number of hydrogen-bond donors (Lipinski definition) is 0. The van der Waals surface area contributed by atoms with Gasteiger partial charge < -0.3 is 4.90 Å². The molecule has 2 aromatic heterocycles. The van der Waals surface area contributed by atoms with Crippen molar-refractivity contribution in [3.63, 3.8) is 0 Å². The number of rotatable bonds is 1. The highest BCUT2D eigenvalue weighted by Gasteiger charge is 2.25. The van der Waals surface area contributed by atoms with Gasteiger partial charge in [-0.2, -0.15) is 4.39 Å². The van der Waals surface area contributed by atoms with Gasteiger partial charge in [0.05, 0.1) is 5.56 Å². The van der Waals surface area contributed by atoms with Crippen LogP contribution in [0, 0.1) is 11.8 Å². The number of carbonyl (C=O) groups excluding carboxylic acids is 1. The van der Waals surface area contributed by atoms with Crippen LogP contribution in [0.15, 0.2) is 23.7 Å². The van der Waals surface area contributed by atoms with Crippen LogP contribution in [0.4, 0.5) is 8.78 Å². The lowest BCUT2D eigenvalue weighted by Crippen LogP contribution is -2.36. The monoisotopic (exact) mass is 280 g/mol. The molecule has 0 fully saturated rings. The first-order valence-electron chi connectivity index (χ1n) is 5.81. The number of pyridine rings is 1. The molecule has 1 amide bonds. The minimum absolute atomic E-state index is 0.258. The fourth-order valence-corrected chi connectivity index (χ4v) is 3.07. The van der Waals surface area contributed by atoms with Crippen LogP contribution in [-0.4, -0.2) is 22.3 Å². The zero-order valence-corrected chi connectivity index (χ0v) is 10.7. The summed E-state index contributed by atoms with van der Waals surface area (Å²) in [5.74, 6) is -2.90. The molecule has 0 radical (unpaired) electrons. The van der Waals surface area contributed by atoms with Crippen LogP contribution in [0.5, 0.6) is 0 Å². The van der Waals surface area contributed by atoms with Crippen molar-refractivity contribution in [1.82, 2.24) is 9.88 Å². The molecular weight excluding hydrogens is 270 g/mol. The van der Waals surface area contributed by atoms with E-state index in [2.05, 4.69) is 4.98 Å². The third-order valence-electron chi connectivity index (χ3n) is 3.17. The van der Waals surface area contributed by atoms with E-state index in [1.54, 1.807) is 11.3 Å². The van der Waals surface area contributed by atoms with E-state index in [-0.39, 0.29) is 5.56 Å². The van der Waals surface area contributed by atoms with E-state index in [1.807, 2.05) is 11.4 Å². The summed E-state index contributed by atoms with van der Waals surface area (Å²) in [7, 11) is 0. The fourth-order valence-electron chi connectivity index (χ4n) is 2.18. The van der Waals surface area contributed by atoms with Gasteiger partial charge in [-0.15, -0.1) is 11.3 Å². The van der Waals surface area contributed by atoms with Crippen LogP contribution in [0.25, 0.3) is 0 Å². The molecule has 1 aliphatic heterocycles. The molecule has 0 bridgehead atoms. The SMILES string of the molecule is O=C(c1ccnc(F)c1F)N1CCc2sccc2C1. The Morgan fingerprint density at radius 2 is 2.21 bits per heavy atom. The first kappa shape index (κ1) is 12.2. The summed E-state index contributed by atoms with van der Waals surface area (Å²) in [5.41, 5.74) is 0.825. The Bertz CT molecular complexity index is 641. The van der Waals surface area contributed by atoms with Crippen molar-refractivity contribution in [2.75, 3.05) is 6.54 Å². The normalized spacial score (nSPS) is 14.3. The second-order valence-electron chi connectivity index (χ2n) is 4.31. The number of thiophene rings is 1.